The van der Waals surface area contributed by atoms with E-state index in [1.165, 1.54) is 5.56 Å². The minimum Gasteiger partial charge on any atom is -0.497 e. The molecule has 5 nitrogen and oxygen atoms in total. The van der Waals surface area contributed by atoms with Crippen molar-refractivity contribution in [1.29, 1.82) is 0 Å². The molecule has 1 aliphatic rings. The Labute approximate surface area is 131 Å². The summed E-state index contributed by atoms with van der Waals surface area (Å²) < 4.78 is 31.6. The van der Waals surface area contributed by atoms with Crippen molar-refractivity contribution in [1.82, 2.24) is 9.29 Å². The largest absolute Gasteiger partial charge is 0.497 e. The number of unbranched alkanes of at least 4 members (excludes halogenated alkanes) is 1. The predicted octanol–water partition coefficient (Wildman–Crippen LogP) is 2.66. The molecular weight excluding hydrogens is 300 g/mol. The van der Waals surface area contributed by atoms with E-state index in [4.69, 9.17) is 4.74 Å². The van der Waals surface area contributed by atoms with Gasteiger partial charge in [0.1, 0.15) is 5.75 Å². The number of rotatable bonds is 5. The number of methoxy groups -OCH3 is 1. The highest BCUT2D eigenvalue weighted by Gasteiger charge is 2.28. The molecular formula is C16H22N2O3S. The summed E-state index contributed by atoms with van der Waals surface area (Å²) in [4.78, 5) is 3.36. The molecule has 0 saturated heterocycles. The van der Waals surface area contributed by atoms with E-state index in [0.29, 0.717) is 13.1 Å². The minimum atomic E-state index is -3.15. The summed E-state index contributed by atoms with van der Waals surface area (Å²) in [7, 11) is -1.49. The summed E-state index contributed by atoms with van der Waals surface area (Å²) in [6.45, 7) is 3.01. The van der Waals surface area contributed by atoms with E-state index in [2.05, 4.69) is 4.98 Å². The maximum atomic E-state index is 12.4. The van der Waals surface area contributed by atoms with Crippen molar-refractivity contribution < 1.29 is 13.2 Å². The fourth-order valence-electron chi connectivity index (χ4n) is 3.02. The van der Waals surface area contributed by atoms with Gasteiger partial charge in [0.2, 0.25) is 10.0 Å². The number of aromatic amines is 1. The zero-order valence-electron chi connectivity index (χ0n) is 13.1. The number of nitrogens with zero attached hydrogens (tertiary/aromatic N) is 1. The van der Waals surface area contributed by atoms with Crippen LogP contribution in [0.1, 0.15) is 31.0 Å². The maximum absolute atomic E-state index is 12.4. The molecule has 0 aliphatic carbocycles. The lowest BCUT2D eigenvalue weighted by atomic mass is 10.0. The number of ether oxygens (including phenoxy) is 1. The summed E-state index contributed by atoms with van der Waals surface area (Å²) in [5.74, 6) is 1.07. The number of H-pyrrole nitrogens is 1. The van der Waals surface area contributed by atoms with Gasteiger partial charge >= 0.3 is 0 Å². The van der Waals surface area contributed by atoms with E-state index < -0.39 is 10.0 Å². The average Bonchev–Trinajstić information content (AvgIpc) is 2.89. The van der Waals surface area contributed by atoms with Gasteiger partial charge in [-0.05, 0) is 36.6 Å². The Bertz CT molecular complexity index is 780. The van der Waals surface area contributed by atoms with Crippen LogP contribution in [-0.4, -0.2) is 37.1 Å². The number of sulfonamides is 1. The van der Waals surface area contributed by atoms with E-state index in [0.717, 1.165) is 41.6 Å². The van der Waals surface area contributed by atoms with Gasteiger partial charge in [-0.3, -0.25) is 0 Å². The van der Waals surface area contributed by atoms with Gasteiger partial charge in [0.05, 0.1) is 19.4 Å². The van der Waals surface area contributed by atoms with Gasteiger partial charge in [-0.2, -0.15) is 4.31 Å². The molecule has 0 spiro atoms. The third kappa shape index (κ3) is 2.73. The third-order valence-corrected chi connectivity index (χ3v) is 6.20. The summed E-state index contributed by atoms with van der Waals surface area (Å²) >= 11 is 0. The van der Waals surface area contributed by atoms with Crippen LogP contribution < -0.4 is 4.74 Å². The molecule has 0 atom stereocenters. The number of fused-ring (bicyclic) bond motifs is 3. The van der Waals surface area contributed by atoms with Crippen LogP contribution in [0.5, 0.6) is 5.75 Å². The lowest BCUT2D eigenvalue weighted by Crippen LogP contribution is -2.37. The molecule has 1 N–H and O–H groups in total. The second-order valence-electron chi connectivity index (χ2n) is 5.75. The van der Waals surface area contributed by atoms with Crippen LogP contribution in [0.15, 0.2) is 18.2 Å². The Balaban J connectivity index is 1.90. The predicted molar refractivity (Wildman–Crippen MR) is 87.7 cm³/mol. The molecule has 2 heterocycles. The smallest absolute Gasteiger partial charge is 0.214 e. The molecule has 1 aromatic carbocycles. The molecule has 6 heteroatoms. The topological polar surface area (TPSA) is 62.4 Å². The molecule has 0 saturated carbocycles. The molecule has 120 valence electrons. The normalized spacial score (nSPS) is 15.9. The van der Waals surface area contributed by atoms with Crippen LogP contribution in [0.2, 0.25) is 0 Å². The van der Waals surface area contributed by atoms with Gasteiger partial charge in [-0.1, -0.05) is 13.3 Å². The van der Waals surface area contributed by atoms with Crippen LogP contribution >= 0.6 is 0 Å². The van der Waals surface area contributed by atoms with Gasteiger partial charge in [0.15, 0.2) is 0 Å². The first-order chi connectivity index (χ1) is 10.5. The monoisotopic (exact) mass is 322 g/mol. The summed E-state index contributed by atoms with van der Waals surface area (Å²) in [5.41, 5.74) is 3.27. The molecule has 1 aromatic heterocycles. The van der Waals surface area contributed by atoms with Crippen molar-refractivity contribution in [2.24, 2.45) is 0 Å². The summed E-state index contributed by atoms with van der Waals surface area (Å²) in [6.07, 6.45) is 2.36. The van der Waals surface area contributed by atoms with Gasteiger partial charge in [-0.15, -0.1) is 0 Å². The van der Waals surface area contributed by atoms with E-state index >= 15 is 0 Å². The molecule has 1 aliphatic heterocycles. The van der Waals surface area contributed by atoms with Crippen LogP contribution in [-0.2, 0) is 23.0 Å². The first-order valence-electron chi connectivity index (χ1n) is 7.70. The molecule has 3 rings (SSSR count). The van der Waals surface area contributed by atoms with Crippen molar-refractivity contribution >= 4 is 20.9 Å². The zero-order chi connectivity index (χ0) is 15.7. The molecule has 2 aromatic rings. The van der Waals surface area contributed by atoms with Gasteiger partial charge in [-0.25, -0.2) is 8.42 Å². The van der Waals surface area contributed by atoms with Gasteiger partial charge < -0.3 is 9.72 Å². The second-order valence-corrected chi connectivity index (χ2v) is 7.84. The zero-order valence-corrected chi connectivity index (χ0v) is 13.9. The van der Waals surface area contributed by atoms with Crippen molar-refractivity contribution in [3.63, 3.8) is 0 Å². The summed E-state index contributed by atoms with van der Waals surface area (Å²) in [6, 6.07) is 5.92. The van der Waals surface area contributed by atoms with Crippen LogP contribution in [0.4, 0.5) is 0 Å². The molecule has 0 unspecified atom stereocenters. The first kappa shape index (κ1) is 15.4. The maximum Gasteiger partial charge on any atom is 0.214 e. The van der Waals surface area contributed by atoms with Crippen LogP contribution in [0.3, 0.4) is 0 Å². The Morgan fingerprint density at radius 1 is 1.36 bits per heavy atom. The Kier molecular flexibility index (Phi) is 4.14. The standard InChI is InChI=1S/C16H22N2O3S/c1-3-4-9-22(19,20)18-8-7-13-14-10-12(21-2)5-6-15(14)17-16(13)11-18/h5-6,10,17H,3-4,7-9,11H2,1-2H3. The molecule has 0 fully saturated rings. The number of benzene rings is 1. The van der Waals surface area contributed by atoms with Crippen LogP contribution in [0, 0.1) is 0 Å². The Morgan fingerprint density at radius 3 is 2.91 bits per heavy atom. The van der Waals surface area contributed by atoms with Crippen molar-refractivity contribution in [3.05, 3.63) is 29.5 Å². The lowest BCUT2D eigenvalue weighted by Gasteiger charge is -2.26. The minimum absolute atomic E-state index is 0.243. The molecule has 0 radical (unpaired) electrons. The SMILES string of the molecule is CCCCS(=O)(=O)N1CCc2c([nH]c3ccc(OC)cc23)C1. The molecule has 22 heavy (non-hydrogen) atoms. The van der Waals surface area contributed by atoms with E-state index in [1.807, 2.05) is 25.1 Å². The number of aromatic nitrogens is 1. The van der Waals surface area contributed by atoms with Crippen molar-refractivity contribution in [2.45, 2.75) is 32.7 Å². The van der Waals surface area contributed by atoms with Crippen molar-refractivity contribution in [3.8, 4) is 5.75 Å². The van der Waals surface area contributed by atoms with E-state index in [1.54, 1.807) is 11.4 Å². The highest BCUT2D eigenvalue weighted by atomic mass is 32.2. The molecule has 0 bridgehead atoms. The Morgan fingerprint density at radius 2 is 2.18 bits per heavy atom. The highest BCUT2D eigenvalue weighted by molar-refractivity contribution is 7.89. The highest BCUT2D eigenvalue weighted by Crippen LogP contribution is 2.31. The first-order valence-corrected chi connectivity index (χ1v) is 9.31. The van der Waals surface area contributed by atoms with Gasteiger partial charge in [0, 0.05) is 23.1 Å². The van der Waals surface area contributed by atoms with E-state index in [-0.39, 0.29) is 5.75 Å². The number of hydrogen-bond acceptors (Lipinski definition) is 3. The molecule has 0 amide bonds. The number of hydrogen-bond donors (Lipinski definition) is 1. The number of nitrogens with one attached hydrogen (secondary N) is 1. The quantitative estimate of drug-likeness (QED) is 0.920. The van der Waals surface area contributed by atoms with Gasteiger partial charge in [0.25, 0.3) is 0 Å². The average molecular weight is 322 g/mol. The fourth-order valence-corrected chi connectivity index (χ4v) is 4.62. The van der Waals surface area contributed by atoms with Crippen molar-refractivity contribution in [2.75, 3.05) is 19.4 Å². The second kappa shape index (κ2) is 5.93. The third-order valence-electron chi connectivity index (χ3n) is 4.30. The fraction of sp³-hybridized carbons (Fsp3) is 0.500. The Hall–Kier alpha value is -1.53. The van der Waals surface area contributed by atoms with E-state index in [9.17, 15) is 8.42 Å². The lowest BCUT2D eigenvalue weighted by molar-refractivity contribution is 0.387. The van der Waals surface area contributed by atoms with Crippen LogP contribution in [0.25, 0.3) is 10.9 Å². The summed E-state index contributed by atoms with van der Waals surface area (Å²) in [5, 5.41) is 1.14.